The Balaban J connectivity index is 5.24. The largest absolute Gasteiger partial charge is 0.472 e. The molecule has 0 aromatic heterocycles. The van der Waals surface area contributed by atoms with Gasteiger partial charge in [-0.25, -0.2) is 9.13 Å². The topological polar surface area (TPSA) is 237 Å². The minimum Gasteiger partial charge on any atom is -0.462 e. The fraction of sp³-hybridized carbons (Fsp3) is 0.953. The first-order chi connectivity index (χ1) is 50.7. The Labute approximate surface area is 645 Å². The summed E-state index contributed by atoms with van der Waals surface area (Å²) in [7, 11) is -9.93. The van der Waals surface area contributed by atoms with E-state index in [-0.39, 0.29) is 25.7 Å². The van der Waals surface area contributed by atoms with E-state index in [4.69, 9.17) is 37.0 Å². The van der Waals surface area contributed by atoms with Crippen LogP contribution in [0.25, 0.3) is 0 Å². The van der Waals surface area contributed by atoms with Gasteiger partial charge in [0.2, 0.25) is 0 Å². The zero-order chi connectivity index (χ0) is 77.2. The van der Waals surface area contributed by atoms with Crippen LogP contribution in [0.4, 0.5) is 0 Å². The molecule has 0 fully saturated rings. The highest BCUT2D eigenvalue weighted by atomic mass is 31.2. The van der Waals surface area contributed by atoms with Crippen LogP contribution in [0.3, 0.4) is 0 Å². The number of unbranched alkanes of at least 4 members (excludes halogenated alkanes) is 52. The van der Waals surface area contributed by atoms with Crippen LogP contribution in [0, 0.1) is 17.8 Å². The standard InChI is InChI=1S/C86H168O17P2/c1-8-9-10-11-12-13-29-39-46-53-60-67-83(88)96-73-81(103-86(91)70-63-56-49-42-35-28-27-32-38-45-52-59-66-79(6)7)75-100-104(92,93)98-71-80(87)72-99-105(94,95)101-76-82(74-97-84(89)68-61-54-47-40-33-25-22-18-20-24-31-37-44-51-58-65-78(4)5)102-85(90)69-62-55-48-41-34-26-21-17-15-14-16-19-23-30-36-43-50-57-64-77(2)3/h77-82,87H,8-76H2,1-7H3,(H,92,93)(H,94,95)/t80-,81+,82+/m0/s1. The third kappa shape index (κ3) is 79.9. The molecule has 0 spiro atoms. The van der Waals surface area contributed by atoms with Gasteiger partial charge in [0.15, 0.2) is 12.2 Å². The number of esters is 4. The molecule has 0 rings (SSSR count). The molecular weight excluding hydrogens is 1370 g/mol. The quantitative estimate of drug-likeness (QED) is 0.0222. The fourth-order valence-corrected chi connectivity index (χ4v) is 14.9. The molecule has 0 heterocycles. The highest BCUT2D eigenvalue weighted by Crippen LogP contribution is 2.45. The van der Waals surface area contributed by atoms with Gasteiger partial charge in [0.1, 0.15) is 19.3 Å². The lowest BCUT2D eigenvalue weighted by atomic mass is 10.0. The lowest BCUT2D eigenvalue weighted by molar-refractivity contribution is -0.161. The first-order valence-electron chi connectivity index (χ1n) is 44.3. The molecule has 19 heteroatoms. The van der Waals surface area contributed by atoms with E-state index in [1.165, 1.54) is 263 Å². The van der Waals surface area contributed by atoms with Gasteiger partial charge in [-0.3, -0.25) is 37.3 Å². The number of hydrogen-bond acceptors (Lipinski definition) is 15. The molecule has 0 saturated heterocycles. The highest BCUT2D eigenvalue weighted by Gasteiger charge is 2.30. The molecule has 0 aliphatic heterocycles. The van der Waals surface area contributed by atoms with Gasteiger partial charge < -0.3 is 33.8 Å². The Hall–Kier alpha value is -1.94. The lowest BCUT2D eigenvalue weighted by Crippen LogP contribution is -2.30. The maximum Gasteiger partial charge on any atom is 0.472 e. The van der Waals surface area contributed by atoms with E-state index in [2.05, 4.69) is 48.5 Å². The molecule has 0 aromatic carbocycles. The predicted octanol–water partition coefficient (Wildman–Crippen LogP) is 26.1. The molecule has 0 saturated carbocycles. The average Bonchev–Trinajstić information content (AvgIpc) is 0.907. The van der Waals surface area contributed by atoms with Crippen molar-refractivity contribution >= 4 is 39.5 Å². The number of rotatable bonds is 84. The summed E-state index contributed by atoms with van der Waals surface area (Å²) in [6.45, 7) is 12.0. The second kappa shape index (κ2) is 76.1. The molecule has 105 heavy (non-hydrogen) atoms. The monoisotopic (exact) mass is 1540 g/mol. The zero-order valence-electron chi connectivity index (χ0n) is 69.2. The Morgan fingerprint density at radius 1 is 0.257 bits per heavy atom. The van der Waals surface area contributed by atoms with E-state index in [0.29, 0.717) is 25.7 Å². The number of aliphatic hydroxyl groups excluding tert-OH is 1. The number of carbonyl (C=O) groups is 4. The SMILES string of the molecule is CCCCCCCCCCCCCC(=O)OC[C@H](COP(=O)(O)OC[C@H](O)COP(=O)(O)OC[C@@H](COC(=O)CCCCCCCCCCCCCCCCCC(C)C)OC(=O)CCCCCCCCCCCCCCCCCCCCC(C)C)OC(=O)CCCCCCCCCCCCCCC(C)C. The Morgan fingerprint density at radius 2 is 0.438 bits per heavy atom. The first kappa shape index (κ1) is 103. The molecule has 0 radical (unpaired) electrons. The molecule has 0 aliphatic carbocycles. The van der Waals surface area contributed by atoms with Gasteiger partial charge in [-0.2, -0.15) is 0 Å². The molecule has 5 atom stereocenters. The molecule has 17 nitrogen and oxygen atoms in total. The smallest absolute Gasteiger partial charge is 0.462 e. The molecule has 0 amide bonds. The number of ether oxygens (including phenoxy) is 4. The first-order valence-corrected chi connectivity index (χ1v) is 47.3. The fourth-order valence-electron chi connectivity index (χ4n) is 13.4. The molecule has 2 unspecified atom stereocenters. The molecule has 0 bridgehead atoms. The van der Waals surface area contributed by atoms with Gasteiger partial charge >= 0.3 is 39.5 Å². The summed E-state index contributed by atoms with van der Waals surface area (Å²) in [4.78, 5) is 73.2. The third-order valence-electron chi connectivity index (χ3n) is 20.1. The van der Waals surface area contributed by atoms with Crippen molar-refractivity contribution in [3.63, 3.8) is 0 Å². The summed E-state index contributed by atoms with van der Waals surface area (Å²) < 4.78 is 68.9. The van der Waals surface area contributed by atoms with Crippen LogP contribution < -0.4 is 0 Å². The van der Waals surface area contributed by atoms with Crippen molar-refractivity contribution in [1.29, 1.82) is 0 Å². The van der Waals surface area contributed by atoms with Crippen molar-refractivity contribution in [1.82, 2.24) is 0 Å². The number of carbonyl (C=O) groups excluding carboxylic acids is 4. The Bertz CT molecular complexity index is 2030. The number of hydrogen-bond donors (Lipinski definition) is 3. The minimum atomic E-state index is -4.97. The molecule has 3 N–H and O–H groups in total. The summed E-state index contributed by atoms with van der Waals surface area (Å²) >= 11 is 0. The number of phosphoric ester groups is 2. The van der Waals surface area contributed by atoms with Gasteiger partial charge in [0, 0.05) is 25.7 Å². The summed E-state index contributed by atoms with van der Waals surface area (Å²) in [5.74, 6) is 0.300. The van der Waals surface area contributed by atoms with Crippen LogP contribution in [0.15, 0.2) is 0 Å². The van der Waals surface area contributed by atoms with Gasteiger partial charge in [-0.05, 0) is 43.4 Å². The lowest BCUT2D eigenvalue weighted by Gasteiger charge is -2.21. The van der Waals surface area contributed by atoms with Crippen LogP contribution in [0.2, 0.25) is 0 Å². The molecule has 0 aliphatic rings. The maximum absolute atomic E-state index is 13.1. The predicted molar refractivity (Wildman–Crippen MR) is 432 cm³/mol. The van der Waals surface area contributed by atoms with Crippen LogP contribution in [0.1, 0.15) is 453 Å². The van der Waals surface area contributed by atoms with Crippen LogP contribution >= 0.6 is 15.6 Å². The van der Waals surface area contributed by atoms with Gasteiger partial charge in [-0.15, -0.1) is 0 Å². The van der Waals surface area contributed by atoms with Crippen molar-refractivity contribution in [3.05, 3.63) is 0 Å². The third-order valence-corrected chi connectivity index (χ3v) is 22.0. The number of phosphoric acid groups is 2. The van der Waals surface area contributed by atoms with Crippen molar-refractivity contribution < 1.29 is 80.2 Å². The summed E-state index contributed by atoms with van der Waals surface area (Å²) in [6, 6.07) is 0. The zero-order valence-corrected chi connectivity index (χ0v) is 71.0. The van der Waals surface area contributed by atoms with Crippen molar-refractivity contribution in [2.24, 2.45) is 17.8 Å². The Kier molecular flexibility index (Phi) is 74.7. The molecular formula is C86H168O17P2. The van der Waals surface area contributed by atoms with E-state index >= 15 is 0 Å². The number of aliphatic hydroxyl groups is 1. The summed E-state index contributed by atoms with van der Waals surface area (Å²) in [5, 5.41) is 10.7. The van der Waals surface area contributed by atoms with Gasteiger partial charge in [0.05, 0.1) is 26.4 Å². The van der Waals surface area contributed by atoms with E-state index in [1.54, 1.807) is 0 Å². The van der Waals surface area contributed by atoms with Crippen LogP contribution in [0.5, 0.6) is 0 Å². The van der Waals surface area contributed by atoms with E-state index in [9.17, 15) is 43.2 Å². The molecule has 0 aromatic rings. The second-order valence-corrected chi connectivity index (χ2v) is 35.3. The summed E-state index contributed by atoms with van der Waals surface area (Å²) in [5.41, 5.74) is 0. The highest BCUT2D eigenvalue weighted by molar-refractivity contribution is 7.47. The minimum absolute atomic E-state index is 0.107. The van der Waals surface area contributed by atoms with Crippen molar-refractivity contribution in [3.8, 4) is 0 Å². The van der Waals surface area contributed by atoms with Gasteiger partial charge in [0.25, 0.3) is 0 Å². The average molecular weight is 1540 g/mol. The van der Waals surface area contributed by atoms with E-state index < -0.39 is 97.5 Å². The summed E-state index contributed by atoms with van der Waals surface area (Å²) in [6.07, 6.45) is 66.6. The van der Waals surface area contributed by atoms with E-state index in [1.807, 2.05) is 0 Å². The Morgan fingerprint density at radius 3 is 0.648 bits per heavy atom. The second-order valence-electron chi connectivity index (χ2n) is 32.4. The van der Waals surface area contributed by atoms with Crippen LogP contribution in [-0.2, 0) is 65.4 Å². The van der Waals surface area contributed by atoms with E-state index in [0.717, 1.165) is 108 Å². The van der Waals surface area contributed by atoms with Crippen LogP contribution in [-0.4, -0.2) is 96.7 Å². The van der Waals surface area contributed by atoms with Crippen molar-refractivity contribution in [2.45, 2.75) is 471 Å². The maximum atomic E-state index is 13.1. The molecule has 624 valence electrons. The normalized spacial score (nSPS) is 13.9. The van der Waals surface area contributed by atoms with Gasteiger partial charge in [-0.1, -0.05) is 402 Å². The van der Waals surface area contributed by atoms with Crippen molar-refractivity contribution in [2.75, 3.05) is 39.6 Å².